The highest BCUT2D eigenvalue weighted by atomic mass is 16.7. The second-order valence-electron chi connectivity index (χ2n) is 5.49. The van der Waals surface area contributed by atoms with Gasteiger partial charge in [-0.1, -0.05) is 13.0 Å². The monoisotopic (exact) mass is 299 g/mol. The standard InChI is InChI=1S/C18H21NO3/c1-3-18(20-2)11-10-13-4-7-16(12-17(13)22-18)21-15-8-5-14(19)6-9-15/h5-10,12H,3-4,11,19H2,1-2H3. The summed E-state index contributed by atoms with van der Waals surface area (Å²) in [6, 6.07) is 7.35. The zero-order valence-electron chi connectivity index (χ0n) is 13.0. The average Bonchev–Trinajstić information content (AvgIpc) is 2.56. The Kier molecular flexibility index (Phi) is 3.94. The van der Waals surface area contributed by atoms with Crippen molar-refractivity contribution in [1.82, 2.24) is 0 Å². The predicted molar refractivity (Wildman–Crippen MR) is 86.1 cm³/mol. The van der Waals surface area contributed by atoms with Gasteiger partial charge in [0.15, 0.2) is 0 Å². The van der Waals surface area contributed by atoms with Crippen molar-refractivity contribution >= 4 is 5.69 Å². The third-order valence-electron chi connectivity index (χ3n) is 4.09. The fourth-order valence-corrected chi connectivity index (χ4v) is 2.62. The summed E-state index contributed by atoms with van der Waals surface area (Å²) in [7, 11) is 1.69. The highest BCUT2D eigenvalue weighted by molar-refractivity contribution is 5.44. The molecule has 0 saturated heterocycles. The first kappa shape index (κ1) is 14.7. The van der Waals surface area contributed by atoms with Gasteiger partial charge < -0.3 is 19.9 Å². The summed E-state index contributed by atoms with van der Waals surface area (Å²) in [5, 5.41) is 0. The smallest absolute Gasteiger partial charge is 0.213 e. The van der Waals surface area contributed by atoms with Gasteiger partial charge in [-0.05, 0) is 42.3 Å². The molecule has 3 rings (SSSR count). The number of nitrogen functional groups attached to an aromatic ring is 1. The summed E-state index contributed by atoms with van der Waals surface area (Å²) < 4.78 is 17.5. The Labute approximate surface area is 130 Å². The number of allylic oxidation sites excluding steroid dienone is 3. The number of hydrogen-bond acceptors (Lipinski definition) is 4. The first-order valence-corrected chi connectivity index (χ1v) is 7.53. The van der Waals surface area contributed by atoms with Crippen molar-refractivity contribution < 1.29 is 14.2 Å². The highest BCUT2D eigenvalue weighted by Crippen LogP contribution is 2.38. The molecule has 0 radical (unpaired) electrons. The molecular formula is C18H21NO3. The van der Waals surface area contributed by atoms with E-state index >= 15 is 0 Å². The van der Waals surface area contributed by atoms with Crippen LogP contribution in [-0.4, -0.2) is 12.9 Å². The van der Waals surface area contributed by atoms with E-state index in [1.165, 1.54) is 5.57 Å². The Bertz CT molecular complexity index is 637. The molecule has 1 heterocycles. The molecule has 1 aliphatic heterocycles. The maximum absolute atomic E-state index is 6.09. The number of methoxy groups -OCH3 is 1. The Morgan fingerprint density at radius 1 is 1.23 bits per heavy atom. The van der Waals surface area contributed by atoms with Gasteiger partial charge in [0.25, 0.3) is 0 Å². The van der Waals surface area contributed by atoms with Crippen LogP contribution >= 0.6 is 0 Å². The summed E-state index contributed by atoms with van der Waals surface area (Å²) in [5.74, 6) is 1.82. The summed E-state index contributed by atoms with van der Waals surface area (Å²) in [6.45, 7) is 2.06. The molecule has 1 aromatic rings. The molecule has 22 heavy (non-hydrogen) atoms. The van der Waals surface area contributed by atoms with Gasteiger partial charge in [0.1, 0.15) is 17.3 Å². The van der Waals surface area contributed by atoms with E-state index in [0.717, 1.165) is 42.2 Å². The van der Waals surface area contributed by atoms with Gasteiger partial charge >= 0.3 is 0 Å². The zero-order valence-corrected chi connectivity index (χ0v) is 13.0. The van der Waals surface area contributed by atoms with Crippen LogP contribution in [0, 0.1) is 0 Å². The number of nitrogens with two attached hydrogens (primary N) is 1. The minimum absolute atomic E-state index is 0.557. The molecule has 1 unspecified atom stereocenters. The lowest BCUT2D eigenvalue weighted by Crippen LogP contribution is -2.36. The fourth-order valence-electron chi connectivity index (χ4n) is 2.62. The van der Waals surface area contributed by atoms with E-state index in [4.69, 9.17) is 19.9 Å². The molecule has 4 nitrogen and oxygen atoms in total. The maximum atomic E-state index is 6.09. The van der Waals surface area contributed by atoms with Gasteiger partial charge in [-0.15, -0.1) is 0 Å². The molecule has 0 aromatic heterocycles. The molecule has 4 heteroatoms. The van der Waals surface area contributed by atoms with Gasteiger partial charge in [0.05, 0.1) is 0 Å². The lowest BCUT2D eigenvalue weighted by Gasteiger charge is -2.37. The van der Waals surface area contributed by atoms with Crippen molar-refractivity contribution in [3.05, 3.63) is 59.6 Å². The Morgan fingerprint density at radius 3 is 2.68 bits per heavy atom. The molecule has 2 N–H and O–H groups in total. The largest absolute Gasteiger partial charge is 0.462 e. The molecule has 1 atom stereocenters. The molecule has 0 saturated carbocycles. The van der Waals surface area contributed by atoms with Crippen LogP contribution in [0.3, 0.4) is 0 Å². The van der Waals surface area contributed by atoms with Crippen molar-refractivity contribution in [2.75, 3.05) is 12.8 Å². The molecule has 0 fully saturated rings. The molecule has 116 valence electrons. The average molecular weight is 299 g/mol. The van der Waals surface area contributed by atoms with Crippen LogP contribution in [0.15, 0.2) is 59.6 Å². The van der Waals surface area contributed by atoms with Crippen LogP contribution < -0.4 is 10.5 Å². The maximum Gasteiger partial charge on any atom is 0.213 e. The quantitative estimate of drug-likeness (QED) is 0.856. The Morgan fingerprint density at radius 2 is 2.00 bits per heavy atom. The van der Waals surface area contributed by atoms with E-state index in [9.17, 15) is 0 Å². The fraction of sp³-hybridized carbons (Fsp3) is 0.333. The van der Waals surface area contributed by atoms with E-state index in [-0.39, 0.29) is 0 Å². The lowest BCUT2D eigenvalue weighted by atomic mass is 9.96. The van der Waals surface area contributed by atoms with Crippen molar-refractivity contribution in [3.63, 3.8) is 0 Å². The summed E-state index contributed by atoms with van der Waals surface area (Å²) in [4.78, 5) is 0. The first-order valence-electron chi connectivity index (χ1n) is 7.53. The summed E-state index contributed by atoms with van der Waals surface area (Å²) in [5.41, 5.74) is 7.59. The van der Waals surface area contributed by atoms with E-state index in [0.29, 0.717) is 0 Å². The molecule has 0 bridgehead atoms. The number of fused-ring (bicyclic) bond motifs is 1. The van der Waals surface area contributed by atoms with Crippen LogP contribution in [0.25, 0.3) is 0 Å². The van der Waals surface area contributed by atoms with Crippen LogP contribution in [0.2, 0.25) is 0 Å². The van der Waals surface area contributed by atoms with Crippen molar-refractivity contribution in [3.8, 4) is 5.75 Å². The van der Waals surface area contributed by atoms with Gasteiger partial charge in [-0.3, -0.25) is 0 Å². The highest BCUT2D eigenvalue weighted by Gasteiger charge is 2.35. The third kappa shape index (κ3) is 2.88. The topological polar surface area (TPSA) is 53.7 Å². The predicted octanol–water partition coefficient (Wildman–Crippen LogP) is 3.92. The summed E-state index contributed by atoms with van der Waals surface area (Å²) in [6.07, 6.45) is 8.55. The third-order valence-corrected chi connectivity index (χ3v) is 4.09. The van der Waals surface area contributed by atoms with E-state index < -0.39 is 5.79 Å². The van der Waals surface area contributed by atoms with Crippen LogP contribution in [0.1, 0.15) is 26.2 Å². The minimum atomic E-state index is -0.557. The van der Waals surface area contributed by atoms with E-state index in [2.05, 4.69) is 19.1 Å². The number of anilines is 1. The van der Waals surface area contributed by atoms with Gasteiger partial charge in [-0.25, -0.2) is 0 Å². The Balaban J connectivity index is 1.78. The molecule has 1 aromatic carbocycles. The SMILES string of the molecule is CCC1(OC)CC=C2CC=C(Oc3ccc(N)cc3)C=C2O1. The summed E-state index contributed by atoms with van der Waals surface area (Å²) >= 11 is 0. The number of ether oxygens (including phenoxy) is 3. The Hall–Kier alpha value is -2.20. The molecule has 2 aliphatic rings. The van der Waals surface area contributed by atoms with Crippen molar-refractivity contribution in [2.24, 2.45) is 0 Å². The van der Waals surface area contributed by atoms with E-state index in [1.807, 2.05) is 30.3 Å². The van der Waals surface area contributed by atoms with Crippen LogP contribution in [0.4, 0.5) is 5.69 Å². The lowest BCUT2D eigenvalue weighted by molar-refractivity contribution is -0.201. The van der Waals surface area contributed by atoms with Gasteiger partial charge in [0, 0.05) is 31.7 Å². The van der Waals surface area contributed by atoms with Crippen molar-refractivity contribution in [1.29, 1.82) is 0 Å². The van der Waals surface area contributed by atoms with Gasteiger partial charge in [-0.2, -0.15) is 0 Å². The second kappa shape index (κ2) is 5.89. The molecule has 0 spiro atoms. The minimum Gasteiger partial charge on any atom is -0.462 e. The second-order valence-corrected chi connectivity index (χ2v) is 5.49. The molecule has 0 amide bonds. The molecular weight excluding hydrogens is 278 g/mol. The van der Waals surface area contributed by atoms with Gasteiger partial charge in [0.2, 0.25) is 5.79 Å². The molecule has 1 aliphatic carbocycles. The zero-order chi connectivity index (χ0) is 15.6. The number of rotatable bonds is 4. The number of benzene rings is 1. The van der Waals surface area contributed by atoms with Crippen LogP contribution in [-0.2, 0) is 9.47 Å². The van der Waals surface area contributed by atoms with Crippen molar-refractivity contribution in [2.45, 2.75) is 32.0 Å². The van der Waals surface area contributed by atoms with E-state index in [1.54, 1.807) is 7.11 Å². The first-order chi connectivity index (χ1) is 10.6. The number of hydrogen-bond donors (Lipinski definition) is 1. The van der Waals surface area contributed by atoms with Crippen LogP contribution in [0.5, 0.6) is 5.75 Å². The normalized spacial score (nSPS) is 23.6.